The highest BCUT2D eigenvalue weighted by Gasteiger charge is 2.13. The minimum Gasteiger partial charge on any atom is -0.396 e. The Kier molecular flexibility index (Phi) is 5.28. The molecule has 0 saturated carbocycles. The number of nitriles is 1. The molecule has 1 atom stereocenters. The van der Waals surface area contributed by atoms with Crippen LogP contribution in [-0.2, 0) is 6.54 Å². The molecular weight excluding hydrogens is 386 g/mol. The van der Waals surface area contributed by atoms with Crippen LogP contribution in [0.1, 0.15) is 29.3 Å². The van der Waals surface area contributed by atoms with E-state index in [2.05, 4.69) is 31.3 Å². The molecule has 1 unspecified atom stereocenters. The van der Waals surface area contributed by atoms with Gasteiger partial charge in [0.25, 0.3) is 5.56 Å². The van der Waals surface area contributed by atoms with Crippen LogP contribution in [0.4, 0.5) is 0 Å². The van der Waals surface area contributed by atoms with Gasteiger partial charge in [0.05, 0.1) is 5.69 Å². The third kappa shape index (κ3) is 3.79. The third-order valence-corrected chi connectivity index (χ3v) is 4.42. The molecule has 0 fully saturated rings. The first kappa shape index (κ1) is 17.4. The fourth-order valence-corrected chi connectivity index (χ4v) is 2.90. The number of aliphatic hydroxyl groups excluding tert-OH is 1. The summed E-state index contributed by atoms with van der Waals surface area (Å²) in [7, 11) is 0. The van der Waals surface area contributed by atoms with E-state index in [-0.39, 0.29) is 18.2 Å². The molecule has 128 valence electrons. The Morgan fingerprint density at radius 3 is 2.84 bits per heavy atom. The molecule has 7 nitrogen and oxygen atoms in total. The minimum atomic E-state index is -0.273. The number of fused-ring (bicyclic) bond motifs is 1. The number of nitrogens with one attached hydrogen (secondary N) is 2. The van der Waals surface area contributed by atoms with E-state index < -0.39 is 0 Å². The standard InChI is InChI=1S/C17H16BrN5O2/c18-13-3-1-11(2-4-13)15(5-6-24)20-10-14-7-16(25)23-17(22-14)12(8-19)9-21-23/h1-4,7,9,15,20-21,24H,5-6,10H2. The summed E-state index contributed by atoms with van der Waals surface area (Å²) >= 11 is 3.40. The molecule has 0 aliphatic rings. The summed E-state index contributed by atoms with van der Waals surface area (Å²) < 4.78 is 2.22. The molecule has 0 amide bonds. The Morgan fingerprint density at radius 2 is 2.16 bits per heavy atom. The van der Waals surface area contributed by atoms with Crippen molar-refractivity contribution < 1.29 is 5.11 Å². The number of nitrogens with zero attached hydrogens (tertiary/aromatic N) is 3. The molecule has 0 spiro atoms. The van der Waals surface area contributed by atoms with Gasteiger partial charge in [0.15, 0.2) is 5.65 Å². The van der Waals surface area contributed by atoms with Crippen molar-refractivity contribution in [3.63, 3.8) is 0 Å². The van der Waals surface area contributed by atoms with Crippen molar-refractivity contribution in [3.8, 4) is 6.07 Å². The van der Waals surface area contributed by atoms with Crippen LogP contribution in [0.3, 0.4) is 0 Å². The van der Waals surface area contributed by atoms with Crippen molar-refractivity contribution in [2.45, 2.75) is 19.0 Å². The van der Waals surface area contributed by atoms with E-state index in [0.717, 1.165) is 10.0 Å². The van der Waals surface area contributed by atoms with Gasteiger partial charge in [-0.05, 0) is 24.1 Å². The molecule has 3 rings (SSSR count). The Morgan fingerprint density at radius 1 is 1.40 bits per heavy atom. The second-order valence-corrected chi connectivity index (χ2v) is 6.46. The van der Waals surface area contributed by atoms with Gasteiger partial charge < -0.3 is 10.4 Å². The van der Waals surface area contributed by atoms with Gasteiger partial charge in [0, 0.05) is 35.9 Å². The van der Waals surface area contributed by atoms with Crippen LogP contribution in [0.25, 0.3) is 5.65 Å². The predicted octanol–water partition coefficient (Wildman–Crippen LogP) is 1.87. The van der Waals surface area contributed by atoms with Gasteiger partial charge in [-0.2, -0.15) is 5.26 Å². The van der Waals surface area contributed by atoms with Gasteiger partial charge in [0.1, 0.15) is 11.6 Å². The maximum atomic E-state index is 12.1. The zero-order valence-corrected chi connectivity index (χ0v) is 14.8. The zero-order chi connectivity index (χ0) is 17.8. The Hall–Kier alpha value is -2.47. The molecule has 0 aliphatic heterocycles. The van der Waals surface area contributed by atoms with Gasteiger partial charge >= 0.3 is 0 Å². The summed E-state index contributed by atoms with van der Waals surface area (Å²) in [6.45, 7) is 0.391. The second kappa shape index (κ2) is 7.61. The van der Waals surface area contributed by atoms with Gasteiger partial charge in [-0.3, -0.25) is 9.89 Å². The SMILES string of the molecule is N#Cc1c[nH]n2c(=O)cc(CNC(CCO)c3ccc(Br)cc3)nc12. The summed E-state index contributed by atoms with van der Waals surface area (Å²) in [5.41, 5.74) is 1.94. The van der Waals surface area contributed by atoms with Crippen molar-refractivity contribution >= 4 is 21.6 Å². The Balaban J connectivity index is 1.83. The number of benzene rings is 1. The molecule has 1 aromatic carbocycles. The average molecular weight is 402 g/mol. The number of hydrogen-bond donors (Lipinski definition) is 3. The molecule has 0 radical (unpaired) electrons. The highest BCUT2D eigenvalue weighted by Crippen LogP contribution is 2.20. The van der Waals surface area contributed by atoms with Gasteiger partial charge in [-0.1, -0.05) is 28.1 Å². The number of aromatic nitrogens is 3. The molecular formula is C17H16BrN5O2. The van der Waals surface area contributed by atoms with Crippen molar-refractivity contribution in [2.24, 2.45) is 0 Å². The van der Waals surface area contributed by atoms with Crippen LogP contribution in [0.15, 0.2) is 45.8 Å². The maximum Gasteiger partial charge on any atom is 0.272 e. The molecule has 0 bridgehead atoms. The van der Waals surface area contributed by atoms with Crippen LogP contribution in [0.5, 0.6) is 0 Å². The van der Waals surface area contributed by atoms with Crippen LogP contribution >= 0.6 is 15.9 Å². The predicted molar refractivity (Wildman–Crippen MR) is 96.0 cm³/mol. The summed E-state index contributed by atoms with van der Waals surface area (Å²) in [5, 5.41) is 24.4. The molecule has 0 saturated heterocycles. The number of aliphatic hydroxyl groups is 1. The quantitative estimate of drug-likeness (QED) is 0.584. The lowest BCUT2D eigenvalue weighted by atomic mass is 10.0. The summed E-state index contributed by atoms with van der Waals surface area (Å²) in [4.78, 5) is 16.5. The van der Waals surface area contributed by atoms with Crippen LogP contribution < -0.4 is 10.9 Å². The smallest absolute Gasteiger partial charge is 0.272 e. The van der Waals surface area contributed by atoms with Crippen LogP contribution in [0, 0.1) is 11.3 Å². The van der Waals surface area contributed by atoms with Crippen LogP contribution in [-0.4, -0.2) is 26.3 Å². The van der Waals surface area contributed by atoms with E-state index >= 15 is 0 Å². The lowest BCUT2D eigenvalue weighted by Crippen LogP contribution is -2.24. The first-order valence-corrected chi connectivity index (χ1v) is 8.51. The van der Waals surface area contributed by atoms with E-state index in [9.17, 15) is 9.90 Å². The number of aromatic amines is 1. The largest absolute Gasteiger partial charge is 0.396 e. The summed E-state index contributed by atoms with van der Waals surface area (Å²) in [5.74, 6) is 0. The van der Waals surface area contributed by atoms with E-state index in [4.69, 9.17) is 5.26 Å². The number of halogens is 1. The van der Waals surface area contributed by atoms with Gasteiger partial charge in [-0.15, -0.1) is 0 Å². The number of hydrogen-bond acceptors (Lipinski definition) is 5. The fraction of sp³-hybridized carbons (Fsp3) is 0.235. The lowest BCUT2D eigenvalue weighted by Gasteiger charge is -2.18. The monoisotopic (exact) mass is 401 g/mol. The lowest BCUT2D eigenvalue weighted by molar-refractivity contribution is 0.265. The van der Waals surface area contributed by atoms with E-state index in [1.54, 1.807) is 0 Å². The molecule has 25 heavy (non-hydrogen) atoms. The number of H-pyrrole nitrogens is 1. The average Bonchev–Trinajstić information content (AvgIpc) is 3.03. The van der Waals surface area contributed by atoms with Crippen LogP contribution in [0.2, 0.25) is 0 Å². The Bertz CT molecular complexity index is 971. The van der Waals surface area contributed by atoms with Crippen molar-refractivity contribution in [1.29, 1.82) is 5.26 Å². The first-order valence-electron chi connectivity index (χ1n) is 7.72. The molecule has 2 heterocycles. The molecule has 3 N–H and O–H groups in total. The number of rotatable bonds is 6. The van der Waals surface area contributed by atoms with Gasteiger partial charge in [-0.25, -0.2) is 9.50 Å². The zero-order valence-electron chi connectivity index (χ0n) is 13.2. The maximum absolute atomic E-state index is 12.1. The first-order chi connectivity index (χ1) is 12.1. The molecule has 2 aromatic heterocycles. The Labute approximate surface area is 152 Å². The van der Waals surface area contributed by atoms with Crippen molar-refractivity contribution in [3.05, 3.63) is 68.2 Å². The topological polar surface area (TPSA) is 106 Å². The normalized spacial score (nSPS) is 12.2. The third-order valence-electron chi connectivity index (χ3n) is 3.89. The second-order valence-electron chi connectivity index (χ2n) is 5.54. The van der Waals surface area contributed by atoms with E-state index in [0.29, 0.717) is 29.9 Å². The van der Waals surface area contributed by atoms with E-state index in [1.165, 1.54) is 16.8 Å². The van der Waals surface area contributed by atoms with E-state index in [1.807, 2.05) is 30.3 Å². The molecule has 8 heteroatoms. The highest BCUT2D eigenvalue weighted by atomic mass is 79.9. The molecule has 0 aliphatic carbocycles. The molecule has 3 aromatic rings. The minimum absolute atomic E-state index is 0.0409. The highest BCUT2D eigenvalue weighted by molar-refractivity contribution is 9.10. The summed E-state index contributed by atoms with van der Waals surface area (Å²) in [6.07, 6.45) is 1.99. The van der Waals surface area contributed by atoms with Crippen molar-refractivity contribution in [2.75, 3.05) is 6.61 Å². The summed E-state index contributed by atoms with van der Waals surface area (Å²) in [6, 6.07) is 11.2. The van der Waals surface area contributed by atoms with Crippen molar-refractivity contribution in [1.82, 2.24) is 19.9 Å². The fourth-order valence-electron chi connectivity index (χ4n) is 2.64. The van der Waals surface area contributed by atoms with Gasteiger partial charge in [0.2, 0.25) is 0 Å².